The van der Waals surface area contributed by atoms with Gasteiger partial charge in [0.25, 0.3) is 5.91 Å². The Morgan fingerprint density at radius 1 is 1.11 bits per heavy atom. The molecule has 1 aliphatic heterocycles. The number of amidine groups is 1. The monoisotopic (exact) mass is 384 g/mol. The number of hydrazine groups is 1. The largest absolute Gasteiger partial charge is 0.493 e. The average Bonchev–Trinajstić information content (AvgIpc) is 2.72. The Kier molecular flexibility index (Phi) is 6.00. The van der Waals surface area contributed by atoms with Gasteiger partial charge < -0.3 is 25.0 Å². The van der Waals surface area contributed by atoms with Crippen LogP contribution in [0.15, 0.2) is 41.4 Å². The molecule has 0 spiro atoms. The summed E-state index contributed by atoms with van der Waals surface area (Å²) in [6.07, 6.45) is 0. The molecule has 8 nitrogen and oxygen atoms in total. The molecule has 0 atom stereocenters. The molecule has 148 valence electrons. The molecule has 1 heterocycles. The van der Waals surface area contributed by atoms with Gasteiger partial charge in [-0.25, -0.2) is 5.01 Å². The third-order valence-electron chi connectivity index (χ3n) is 4.36. The highest BCUT2D eigenvalue weighted by atomic mass is 16.5. The van der Waals surface area contributed by atoms with Crippen molar-refractivity contribution in [2.75, 3.05) is 46.8 Å². The SMILES string of the molecule is COc1cc(C(=O)Nc2ccccc2C2=NCCN(C)N2)cc(OC)c1OC. The maximum absolute atomic E-state index is 12.9. The summed E-state index contributed by atoms with van der Waals surface area (Å²) in [5.41, 5.74) is 5.07. The minimum Gasteiger partial charge on any atom is -0.493 e. The van der Waals surface area contributed by atoms with Crippen LogP contribution in [0.4, 0.5) is 5.69 Å². The van der Waals surface area contributed by atoms with Crippen molar-refractivity contribution >= 4 is 17.4 Å². The van der Waals surface area contributed by atoms with Crippen molar-refractivity contribution in [3.05, 3.63) is 47.5 Å². The maximum atomic E-state index is 12.9. The summed E-state index contributed by atoms with van der Waals surface area (Å²) in [5, 5.41) is 4.91. The van der Waals surface area contributed by atoms with Crippen molar-refractivity contribution in [3.8, 4) is 17.2 Å². The fourth-order valence-electron chi connectivity index (χ4n) is 2.93. The Morgan fingerprint density at radius 2 is 1.79 bits per heavy atom. The Labute approximate surface area is 164 Å². The molecule has 0 saturated heterocycles. The number of rotatable bonds is 6. The van der Waals surface area contributed by atoms with Gasteiger partial charge in [0.15, 0.2) is 11.5 Å². The fraction of sp³-hybridized carbons (Fsp3) is 0.300. The van der Waals surface area contributed by atoms with Crippen LogP contribution >= 0.6 is 0 Å². The van der Waals surface area contributed by atoms with E-state index in [0.717, 1.165) is 17.9 Å². The van der Waals surface area contributed by atoms with E-state index in [4.69, 9.17) is 14.2 Å². The molecule has 0 aliphatic carbocycles. The van der Waals surface area contributed by atoms with Crippen LogP contribution < -0.4 is 25.0 Å². The molecule has 1 amide bonds. The number of methoxy groups -OCH3 is 3. The van der Waals surface area contributed by atoms with E-state index < -0.39 is 0 Å². The van der Waals surface area contributed by atoms with Gasteiger partial charge in [-0.3, -0.25) is 9.79 Å². The second-order valence-corrected chi connectivity index (χ2v) is 6.18. The van der Waals surface area contributed by atoms with Crippen molar-refractivity contribution in [1.82, 2.24) is 10.4 Å². The zero-order valence-corrected chi connectivity index (χ0v) is 16.4. The highest BCUT2D eigenvalue weighted by Crippen LogP contribution is 2.38. The van der Waals surface area contributed by atoms with Crippen LogP contribution in [0, 0.1) is 0 Å². The van der Waals surface area contributed by atoms with Crippen LogP contribution in [0.2, 0.25) is 0 Å². The Balaban J connectivity index is 1.91. The van der Waals surface area contributed by atoms with E-state index in [-0.39, 0.29) is 5.91 Å². The quantitative estimate of drug-likeness (QED) is 0.794. The summed E-state index contributed by atoms with van der Waals surface area (Å²) in [6.45, 7) is 1.51. The summed E-state index contributed by atoms with van der Waals surface area (Å²) >= 11 is 0. The summed E-state index contributed by atoms with van der Waals surface area (Å²) in [7, 11) is 6.49. The Morgan fingerprint density at radius 3 is 2.39 bits per heavy atom. The van der Waals surface area contributed by atoms with E-state index in [0.29, 0.717) is 35.0 Å². The number of carbonyl (C=O) groups is 1. The average molecular weight is 384 g/mol. The van der Waals surface area contributed by atoms with Crippen LogP contribution in [0.3, 0.4) is 0 Å². The lowest BCUT2D eigenvalue weighted by atomic mass is 10.1. The van der Waals surface area contributed by atoms with Gasteiger partial charge in [-0.15, -0.1) is 0 Å². The molecule has 8 heteroatoms. The second-order valence-electron chi connectivity index (χ2n) is 6.18. The molecular weight excluding hydrogens is 360 g/mol. The van der Waals surface area contributed by atoms with E-state index in [9.17, 15) is 4.79 Å². The lowest BCUT2D eigenvalue weighted by Crippen LogP contribution is -2.45. The van der Waals surface area contributed by atoms with Gasteiger partial charge in [0.1, 0.15) is 5.84 Å². The summed E-state index contributed by atoms with van der Waals surface area (Å²) < 4.78 is 16.0. The smallest absolute Gasteiger partial charge is 0.255 e. The Bertz CT molecular complexity index is 873. The molecule has 1 aliphatic rings. The molecular formula is C20H24N4O4. The number of ether oxygens (including phenoxy) is 3. The van der Waals surface area contributed by atoms with Crippen molar-refractivity contribution in [2.45, 2.75) is 0 Å². The van der Waals surface area contributed by atoms with Crippen molar-refractivity contribution in [2.24, 2.45) is 4.99 Å². The number of benzene rings is 2. The molecule has 0 saturated carbocycles. The summed E-state index contributed by atoms with van der Waals surface area (Å²) in [5.74, 6) is 1.69. The Hall–Kier alpha value is -3.26. The van der Waals surface area contributed by atoms with Gasteiger partial charge in [0.2, 0.25) is 5.75 Å². The van der Waals surface area contributed by atoms with Crippen molar-refractivity contribution in [3.63, 3.8) is 0 Å². The molecule has 0 aromatic heterocycles. The predicted octanol–water partition coefficient (Wildman–Crippen LogP) is 2.16. The van der Waals surface area contributed by atoms with E-state index in [1.165, 1.54) is 21.3 Å². The van der Waals surface area contributed by atoms with Gasteiger partial charge in [0.05, 0.1) is 33.6 Å². The van der Waals surface area contributed by atoms with Gasteiger partial charge in [-0.05, 0) is 24.3 Å². The molecule has 0 fully saturated rings. The van der Waals surface area contributed by atoms with Gasteiger partial charge in [-0.2, -0.15) is 0 Å². The van der Waals surface area contributed by atoms with E-state index >= 15 is 0 Å². The number of para-hydroxylation sites is 1. The standard InChI is InChI=1S/C20H24N4O4/c1-24-10-9-21-19(23-24)14-7-5-6-8-15(14)22-20(25)13-11-16(26-2)18(28-4)17(12-13)27-3/h5-8,11-12H,9-10H2,1-4H3,(H,21,23)(H,22,25). The normalized spacial score (nSPS) is 13.9. The van der Waals surface area contributed by atoms with Crippen LogP contribution in [-0.4, -0.2) is 58.2 Å². The first-order valence-corrected chi connectivity index (χ1v) is 8.80. The molecule has 2 N–H and O–H groups in total. The van der Waals surface area contributed by atoms with Crippen molar-refractivity contribution < 1.29 is 19.0 Å². The lowest BCUT2D eigenvalue weighted by Gasteiger charge is -2.25. The number of amides is 1. The van der Waals surface area contributed by atoms with Gasteiger partial charge in [0, 0.05) is 24.7 Å². The third-order valence-corrected chi connectivity index (χ3v) is 4.36. The van der Waals surface area contributed by atoms with E-state index in [2.05, 4.69) is 15.7 Å². The third kappa shape index (κ3) is 4.01. The number of nitrogens with one attached hydrogen (secondary N) is 2. The molecule has 28 heavy (non-hydrogen) atoms. The van der Waals surface area contributed by atoms with Gasteiger partial charge in [-0.1, -0.05) is 12.1 Å². The van der Waals surface area contributed by atoms with Crippen LogP contribution in [-0.2, 0) is 0 Å². The van der Waals surface area contributed by atoms with E-state index in [1.807, 2.05) is 36.3 Å². The number of likely N-dealkylation sites (N-methyl/N-ethyl adjacent to an activating group) is 1. The number of anilines is 1. The van der Waals surface area contributed by atoms with Crippen LogP contribution in [0.1, 0.15) is 15.9 Å². The number of carbonyl (C=O) groups excluding carboxylic acids is 1. The van der Waals surface area contributed by atoms with Crippen molar-refractivity contribution in [1.29, 1.82) is 0 Å². The minimum atomic E-state index is -0.295. The number of hydrogen-bond acceptors (Lipinski definition) is 7. The molecule has 2 aromatic carbocycles. The summed E-state index contributed by atoms with van der Waals surface area (Å²) in [4.78, 5) is 17.4. The minimum absolute atomic E-state index is 0.295. The number of hydrogen-bond donors (Lipinski definition) is 2. The first-order chi connectivity index (χ1) is 13.6. The predicted molar refractivity (Wildman–Crippen MR) is 108 cm³/mol. The molecule has 0 radical (unpaired) electrons. The topological polar surface area (TPSA) is 84.4 Å². The first-order valence-electron chi connectivity index (χ1n) is 8.80. The highest BCUT2D eigenvalue weighted by molar-refractivity contribution is 6.10. The summed E-state index contributed by atoms with van der Waals surface area (Å²) in [6, 6.07) is 10.7. The molecule has 0 bridgehead atoms. The number of nitrogens with zero attached hydrogens (tertiary/aromatic N) is 2. The van der Waals surface area contributed by atoms with Crippen LogP contribution in [0.5, 0.6) is 17.2 Å². The second kappa shape index (κ2) is 8.62. The lowest BCUT2D eigenvalue weighted by molar-refractivity contribution is 0.102. The zero-order chi connectivity index (χ0) is 20.1. The molecule has 3 rings (SSSR count). The van der Waals surface area contributed by atoms with Crippen LogP contribution in [0.25, 0.3) is 0 Å². The zero-order valence-electron chi connectivity index (χ0n) is 16.4. The fourth-order valence-corrected chi connectivity index (χ4v) is 2.93. The highest BCUT2D eigenvalue weighted by Gasteiger charge is 2.19. The number of aliphatic imine (C=N–C) groups is 1. The molecule has 0 unspecified atom stereocenters. The van der Waals surface area contributed by atoms with E-state index in [1.54, 1.807) is 12.1 Å². The maximum Gasteiger partial charge on any atom is 0.255 e. The molecule has 2 aromatic rings. The van der Waals surface area contributed by atoms with Gasteiger partial charge >= 0.3 is 0 Å². The first kappa shape index (κ1) is 19.5.